The van der Waals surface area contributed by atoms with Gasteiger partial charge in [0.05, 0.1) is 18.9 Å². The standard InChI is InChI=1S/C24H24N4O5/c29-15-25-19(24(31)32)14-21-26-23(27-33-21)20-7-4-12-28(20)22(30)13-16-8-10-18(11-9-16)17-5-2-1-3-6-17/h1-3,5-6,8-11,15,19-20H,4,7,12-14H2,(H,25,29)(H,31,32). The van der Waals surface area contributed by atoms with Crippen molar-refractivity contribution in [2.75, 3.05) is 6.54 Å². The van der Waals surface area contributed by atoms with Crippen LogP contribution in [0.25, 0.3) is 11.1 Å². The monoisotopic (exact) mass is 448 g/mol. The summed E-state index contributed by atoms with van der Waals surface area (Å²) in [5.74, 6) is -0.770. The van der Waals surface area contributed by atoms with E-state index in [0.29, 0.717) is 25.2 Å². The molecule has 2 N–H and O–H groups in total. The van der Waals surface area contributed by atoms with E-state index >= 15 is 0 Å². The van der Waals surface area contributed by atoms with E-state index in [-0.39, 0.29) is 30.7 Å². The molecule has 4 rings (SSSR count). The maximum atomic E-state index is 13.0. The minimum absolute atomic E-state index is 0.0256. The molecule has 3 aromatic rings. The van der Waals surface area contributed by atoms with Crippen molar-refractivity contribution >= 4 is 18.3 Å². The number of amides is 2. The lowest BCUT2D eigenvalue weighted by molar-refractivity contribution is -0.140. The fourth-order valence-corrected chi connectivity index (χ4v) is 4.02. The maximum Gasteiger partial charge on any atom is 0.326 e. The highest BCUT2D eigenvalue weighted by atomic mass is 16.5. The number of hydrogen-bond acceptors (Lipinski definition) is 6. The second-order valence-corrected chi connectivity index (χ2v) is 7.91. The van der Waals surface area contributed by atoms with Gasteiger partial charge in [0, 0.05) is 6.54 Å². The molecule has 2 heterocycles. The number of aliphatic carboxylic acids is 1. The molecular weight excluding hydrogens is 424 g/mol. The third kappa shape index (κ3) is 5.25. The minimum Gasteiger partial charge on any atom is -0.480 e. The number of aromatic nitrogens is 2. The number of carboxylic acid groups (broad SMARTS) is 1. The number of carbonyl (C=O) groups is 3. The zero-order valence-corrected chi connectivity index (χ0v) is 17.9. The Labute approximate surface area is 190 Å². The van der Waals surface area contributed by atoms with E-state index in [1.54, 1.807) is 4.90 Å². The summed E-state index contributed by atoms with van der Waals surface area (Å²) in [7, 11) is 0. The molecule has 2 unspecified atom stereocenters. The van der Waals surface area contributed by atoms with Crippen molar-refractivity contribution in [3.05, 3.63) is 71.9 Å². The van der Waals surface area contributed by atoms with Crippen LogP contribution in [0.4, 0.5) is 0 Å². The van der Waals surface area contributed by atoms with Gasteiger partial charge in [0.1, 0.15) is 6.04 Å². The topological polar surface area (TPSA) is 126 Å². The first-order valence-corrected chi connectivity index (χ1v) is 10.7. The van der Waals surface area contributed by atoms with Gasteiger partial charge < -0.3 is 19.8 Å². The van der Waals surface area contributed by atoms with Gasteiger partial charge in [-0.3, -0.25) is 9.59 Å². The summed E-state index contributed by atoms with van der Waals surface area (Å²) in [6.07, 6.45) is 1.97. The Bertz CT molecular complexity index is 1110. The van der Waals surface area contributed by atoms with E-state index < -0.39 is 12.0 Å². The molecular formula is C24H24N4O5. The summed E-state index contributed by atoms with van der Waals surface area (Å²) in [5, 5.41) is 15.3. The molecule has 9 nitrogen and oxygen atoms in total. The average Bonchev–Trinajstić information content (AvgIpc) is 3.49. The molecule has 0 aliphatic carbocycles. The van der Waals surface area contributed by atoms with Crippen LogP contribution in [0.5, 0.6) is 0 Å². The smallest absolute Gasteiger partial charge is 0.326 e. The SMILES string of the molecule is O=CNC(Cc1nc(C2CCCN2C(=O)Cc2ccc(-c3ccccc3)cc2)no1)C(=O)O. The molecule has 0 radical (unpaired) electrons. The number of nitrogens with one attached hydrogen (secondary N) is 1. The van der Waals surface area contributed by atoms with Crippen LogP contribution in [0.2, 0.25) is 0 Å². The Hall–Kier alpha value is -4.01. The Kier molecular flexibility index (Phi) is 6.77. The predicted molar refractivity (Wildman–Crippen MR) is 118 cm³/mol. The zero-order valence-electron chi connectivity index (χ0n) is 17.9. The van der Waals surface area contributed by atoms with Crippen molar-refractivity contribution in [1.82, 2.24) is 20.4 Å². The number of carbonyl (C=O) groups excluding carboxylic acids is 2. The van der Waals surface area contributed by atoms with Gasteiger partial charge in [0.2, 0.25) is 18.2 Å². The first-order valence-electron chi connectivity index (χ1n) is 10.7. The van der Waals surface area contributed by atoms with Gasteiger partial charge in [-0.1, -0.05) is 59.8 Å². The molecule has 33 heavy (non-hydrogen) atoms. The number of carboxylic acids is 1. The van der Waals surface area contributed by atoms with Crippen LogP contribution in [-0.2, 0) is 27.2 Å². The van der Waals surface area contributed by atoms with Crippen LogP contribution in [-0.4, -0.2) is 51.0 Å². The van der Waals surface area contributed by atoms with Crippen molar-refractivity contribution in [2.45, 2.75) is 37.8 Å². The Morgan fingerprint density at radius 1 is 1.15 bits per heavy atom. The quantitative estimate of drug-likeness (QED) is 0.481. The molecule has 9 heteroatoms. The summed E-state index contributed by atoms with van der Waals surface area (Å²) < 4.78 is 5.19. The fourth-order valence-electron chi connectivity index (χ4n) is 4.02. The molecule has 1 saturated heterocycles. The van der Waals surface area contributed by atoms with Crippen LogP contribution < -0.4 is 5.32 Å². The lowest BCUT2D eigenvalue weighted by Gasteiger charge is -2.22. The second-order valence-electron chi connectivity index (χ2n) is 7.91. The van der Waals surface area contributed by atoms with Gasteiger partial charge in [0.15, 0.2) is 5.82 Å². The van der Waals surface area contributed by atoms with Crippen molar-refractivity contribution in [3.63, 3.8) is 0 Å². The minimum atomic E-state index is -1.20. The Morgan fingerprint density at radius 3 is 2.58 bits per heavy atom. The van der Waals surface area contributed by atoms with E-state index in [2.05, 4.69) is 15.5 Å². The Morgan fingerprint density at radius 2 is 1.88 bits per heavy atom. The first-order chi connectivity index (χ1) is 16.0. The summed E-state index contributed by atoms with van der Waals surface area (Å²) in [4.78, 5) is 40.9. The predicted octanol–water partition coefficient (Wildman–Crippen LogP) is 2.38. The van der Waals surface area contributed by atoms with E-state index in [1.165, 1.54) is 0 Å². The number of hydrogen-bond donors (Lipinski definition) is 2. The number of nitrogens with zero attached hydrogens (tertiary/aromatic N) is 3. The lowest BCUT2D eigenvalue weighted by Crippen LogP contribution is -2.37. The third-order valence-corrected chi connectivity index (χ3v) is 5.72. The van der Waals surface area contributed by atoms with Gasteiger partial charge in [0.25, 0.3) is 0 Å². The number of benzene rings is 2. The number of rotatable bonds is 9. The molecule has 1 aliphatic heterocycles. The van der Waals surface area contributed by atoms with Crippen molar-refractivity contribution < 1.29 is 24.0 Å². The van der Waals surface area contributed by atoms with E-state index in [1.807, 2.05) is 54.6 Å². The molecule has 170 valence electrons. The molecule has 0 saturated carbocycles. The highest BCUT2D eigenvalue weighted by Gasteiger charge is 2.33. The normalized spacial score (nSPS) is 16.4. The summed E-state index contributed by atoms with van der Waals surface area (Å²) in [6, 6.07) is 16.5. The molecule has 1 aromatic heterocycles. The summed E-state index contributed by atoms with van der Waals surface area (Å²) in [5.41, 5.74) is 3.13. The maximum absolute atomic E-state index is 13.0. The van der Waals surface area contributed by atoms with E-state index in [0.717, 1.165) is 23.1 Å². The van der Waals surface area contributed by atoms with Crippen molar-refractivity contribution in [3.8, 4) is 11.1 Å². The Balaban J connectivity index is 1.41. The van der Waals surface area contributed by atoms with Gasteiger partial charge in [-0.05, 0) is 29.5 Å². The van der Waals surface area contributed by atoms with Gasteiger partial charge in [-0.25, -0.2) is 4.79 Å². The zero-order chi connectivity index (χ0) is 23.2. The van der Waals surface area contributed by atoms with E-state index in [4.69, 9.17) is 9.63 Å². The highest BCUT2D eigenvalue weighted by Crippen LogP contribution is 2.31. The van der Waals surface area contributed by atoms with Crippen molar-refractivity contribution in [2.24, 2.45) is 0 Å². The summed E-state index contributed by atoms with van der Waals surface area (Å²) in [6.45, 7) is 0.597. The van der Waals surface area contributed by atoms with Crippen LogP contribution in [0, 0.1) is 0 Å². The van der Waals surface area contributed by atoms with Gasteiger partial charge in [-0.15, -0.1) is 0 Å². The highest BCUT2D eigenvalue weighted by molar-refractivity contribution is 5.80. The summed E-state index contributed by atoms with van der Waals surface area (Å²) >= 11 is 0. The molecule has 2 aromatic carbocycles. The number of likely N-dealkylation sites (tertiary alicyclic amines) is 1. The first kappa shape index (κ1) is 22.2. The second kappa shape index (κ2) is 10.1. The van der Waals surface area contributed by atoms with E-state index in [9.17, 15) is 14.4 Å². The average molecular weight is 448 g/mol. The van der Waals surface area contributed by atoms with Crippen molar-refractivity contribution in [1.29, 1.82) is 0 Å². The van der Waals surface area contributed by atoms with Gasteiger partial charge >= 0.3 is 5.97 Å². The van der Waals surface area contributed by atoms with Crippen LogP contribution in [0.15, 0.2) is 59.1 Å². The molecule has 2 amide bonds. The molecule has 0 bridgehead atoms. The van der Waals surface area contributed by atoms with Crippen LogP contribution in [0.1, 0.15) is 36.2 Å². The lowest BCUT2D eigenvalue weighted by atomic mass is 10.0. The largest absolute Gasteiger partial charge is 0.480 e. The van der Waals surface area contributed by atoms with Crippen LogP contribution >= 0.6 is 0 Å². The van der Waals surface area contributed by atoms with Crippen LogP contribution in [0.3, 0.4) is 0 Å². The molecule has 2 atom stereocenters. The fraction of sp³-hybridized carbons (Fsp3) is 0.292. The molecule has 0 spiro atoms. The van der Waals surface area contributed by atoms with Gasteiger partial charge in [-0.2, -0.15) is 4.98 Å². The molecule has 1 fully saturated rings. The third-order valence-electron chi connectivity index (χ3n) is 5.72. The molecule has 1 aliphatic rings.